The molecule has 1 aromatic rings. The normalized spacial score (nSPS) is 20.4. The lowest BCUT2D eigenvalue weighted by Gasteiger charge is -2.34. The molecule has 0 saturated carbocycles. The molecule has 1 aromatic heterocycles. The Morgan fingerprint density at radius 1 is 1.45 bits per heavy atom. The predicted octanol–water partition coefficient (Wildman–Crippen LogP) is 2.76. The first-order valence-electron chi connectivity index (χ1n) is 7.16. The number of aromatic nitrogens is 2. The monoisotopic (exact) mass is 342 g/mol. The maximum Gasteiger partial charge on any atom is 0.161 e. The van der Waals surface area contributed by atoms with Gasteiger partial charge in [0.25, 0.3) is 0 Å². The summed E-state index contributed by atoms with van der Waals surface area (Å²) in [6.07, 6.45) is -0.0460. The molecule has 1 atom stereocenters. The molecule has 1 N–H and O–H groups in total. The van der Waals surface area contributed by atoms with Crippen molar-refractivity contribution in [3.8, 4) is 0 Å². The van der Waals surface area contributed by atoms with Crippen molar-refractivity contribution in [2.24, 2.45) is 0 Å². The first-order valence-corrected chi connectivity index (χ1v) is 7.95. The number of ether oxygens (including phenoxy) is 1. The van der Waals surface area contributed by atoms with Gasteiger partial charge >= 0.3 is 0 Å². The number of aryl methyl sites for hydroxylation is 1. The van der Waals surface area contributed by atoms with E-state index in [1.165, 1.54) is 0 Å². The van der Waals surface area contributed by atoms with Gasteiger partial charge in [-0.2, -0.15) is 0 Å². The van der Waals surface area contributed by atoms with Crippen LogP contribution in [0.2, 0.25) is 0 Å². The number of halogens is 1. The lowest BCUT2D eigenvalue weighted by atomic mass is 10.2. The van der Waals surface area contributed by atoms with E-state index in [4.69, 9.17) is 4.74 Å². The fraction of sp³-hybridized carbons (Fsp3) is 0.714. The summed E-state index contributed by atoms with van der Waals surface area (Å²) in [6.45, 7) is 11.9. The molecule has 2 rings (SSSR count). The van der Waals surface area contributed by atoms with Gasteiger partial charge in [-0.1, -0.05) is 0 Å². The summed E-state index contributed by atoms with van der Waals surface area (Å²) >= 11 is 3.54. The molecule has 6 heteroatoms. The molecule has 0 bridgehead atoms. The van der Waals surface area contributed by atoms with Crippen LogP contribution >= 0.6 is 15.9 Å². The third-order valence-electron chi connectivity index (χ3n) is 3.49. The van der Waals surface area contributed by atoms with Gasteiger partial charge in [-0.05, 0) is 43.6 Å². The van der Waals surface area contributed by atoms with E-state index in [9.17, 15) is 0 Å². The van der Waals surface area contributed by atoms with E-state index in [0.717, 1.165) is 48.1 Å². The molecule has 112 valence electrons. The van der Waals surface area contributed by atoms with Crippen LogP contribution in [0.4, 0.5) is 5.82 Å². The third kappa shape index (κ3) is 3.48. The standard InChI is InChI=1S/C14H23BrN4O/c1-5-16-14-12(15)10(4)17-13(18-14)11-8-19(9(2)3)6-7-20-11/h9,11H,5-8H2,1-4H3,(H,16,17,18). The number of rotatable bonds is 4. The maximum atomic E-state index is 5.86. The molecular weight excluding hydrogens is 320 g/mol. The number of nitrogens with zero attached hydrogens (tertiary/aromatic N) is 3. The molecule has 0 radical (unpaired) electrons. The Kier molecular flexibility index (Phi) is 5.35. The SMILES string of the molecule is CCNc1nc(C2CN(C(C)C)CCO2)nc(C)c1Br. The molecule has 0 amide bonds. The van der Waals surface area contributed by atoms with Crippen LogP contribution in [-0.4, -0.2) is 47.2 Å². The molecule has 1 aliphatic rings. The molecule has 2 heterocycles. The van der Waals surface area contributed by atoms with Gasteiger partial charge in [0, 0.05) is 25.7 Å². The maximum absolute atomic E-state index is 5.86. The first-order chi connectivity index (χ1) is 9.52. The highest BCUT2D eigenvalue weighted by atomic mass is 79.9. The highest BCUT2D eigenvalue weighted by Gasteiger charge is 2.26. The molecule has 0 aliphatic carbocycles. The van der Waals surface area contributed by atoms with Crippen molar-refractivity contribution < 1.29 is 4.74 Å². The van der Waals surface area contributed by atoms with Crippen LogP contribution in [0.3, 0.4) is 0 Å². The average Bonchev–Trinajstić information content (AvgIpc) is 2.44. The fourth-order valence-electron chi connectivity index (χ4n) is 2.30. The van der Waals surface area contributed by atoms with E-state index in [0.29, 0.717) is 6.04 Å². The van der Waals surface area contributed by atoms with Gasteiger partial charge in [-0.25, -0.2) is 9.97 Å². The highest BCUT2D eigenvalue weighted by molar-refractivity contribution is 9.10. The van der Waals surface area contributed by atoms with Crippen molar-refractivity contribution in [1.29, 1.82) is 0 Å². The van der Waals surface area contributed by atoms with E-state index < -0.39 is 0 Å². The van der Waals surface area contributed by atoms with Crippen molar-refractivity contribution in [3.63, 3.8) is 0 Å². The summed E-state index contributed by atoms with van der Waals surface area (Å²) in [5.74, 6) is 1.62. The van der Waals surface area contributed by atoms with Crippen LogP contribution in [0.15, 0.2) is 4.47 Å². The zero-order valence-corrected chi connectivity index (χ0v) is 14.2. The molecular formula is C14H23BrN4O. The molecule has 0 aromatic carbocycles. The largest absolute Gasteiger partial charge is 0.369 e. The summed E-state index contributed by atoms with van der Waals surface area (Å²) in [5.41, 5.74) is 0.941. The smallest absolute Gasteiger partial charge is 0.161 e. The summed E-state index contributed by atoms with van der Waals surface area (Å²) in [7, 11) is 0. The van der Waals surface area contributed by atoms with E-state index >= 15 is 0 Å². The molecule has 1 aliphatic heterocycles. The Labute approximate surface area is 129 Å². The van der Waals surface area contributed by atoms with E-state index in [1.54, 1.807) is 0 Å². The molecule has 1 unspecified atom stereocenters. The second kappa shape index (κ2) is 6.83. The van der Waals surface area contributed by atoms with Crippen LogP contribution < -0.4 is 5.32 Å². The van der Waals surface area contributed by atoms with Gasteiger partial charge in [0.15, 0.2) is 5.82 Å². The zero-order valence-electron chi connectivity index (χ0n) is 12.6. The van der Waals surface area contributed by atoms with Gasteiger partial charge in [0.1, 0.15) is 11.9 Å². The summed E-state index contributed by atoms with van der Waals surface area (Å²) in [5, 5.41) is 3.26. The molecule has 1 fully saturated rings. The predicted molar refractivity (Wildman–Crippen MR) is 84.0 cm³/mol. The Hall–Kier alpha value is -0.720. The molecule has 0 spiro atoms. The quantitative estimate of drug-likeness (QED) is 0.911. The molecule has 20 heavy (non-hydrogen) atoms. The van der Waals surface area contributed by atoms with Crippen molar-refractivity contribution in [3.05, 3.63) is 16.0 Å². The average molecular weight is 343 g/mol. The van der Waals surface area contributed by atoms with E-state index in [-0.39, 0.29) is 6.10 Å². The molecule has 5 nitrogen and oxygen atoms in total. The van der Waals surface area contributed by atoms with Crippen molar-refractivity contribution in [1.82, 2.24) is 14.9 Å². The van der Waals surface area contributed by atoms with Crippen LogP contribution in [0.1, 0.15) is 38.4 Å². The fourth-order valence-corrected chi connectivity index (χ4v) is 2.62. The minimum absolute atomic E-state index is 0.0460. The van der Waals surface area contributed by atoms with Gasteiger partial charge < -0.3 is 10.1 Å². The summed E-state index contributed by atoms with van der Waals surface area (Å²) in [6, 6.07) is 0.520. The summed E-state index contributed by atoms with van der Waals surface area (Å²) < 4.78 is 6.79. The Balaban J connectivity index is 2.23. The highest BCUT2D eigenvalue weighted by Crippen LogP contribution is 2.27. The zero-order chi connectivity index (χ0) is 14.7. The lowest BCUT2D eigenvalue weighted by molar-refractivity contribution is -0.0443. The second-order valence-corrected chi connectivity index (χ2v) is 6.10. The third-order valence-corrected chi connectivity index (χ3v) is 4.44. The number of anilines is 1. The van der Waals surface area contributed by atoms with Crippen LogP contribution in [-0.2, 0) is 4.74 Å². The van der Waals surface area contributed by atoms with Crippen molar-refractivity contribution in [2.75, 3.05) is 31.6 Å². The number of hydrogen-bond acceptors (Lipinski definition) is 5. The van der Waals surface area contributed by atoms with Crippen molar-refractivity contribution >= 4 is 21.7 Å². The van der Waals surface area contributed by atoms with Crippen molar-refractivity contribution in [2.45, 2.75) is 39.8 Å². The Morgan fingerprint density at radius 2 is 2.20 bits per heavy atom. The van der Waals surface area contributed by atoms with Crippen LogP contribution in [0.5, 0.6) is 0 Å². The van der Waals surface area contributed by atoms with Gasteiger partial charge in [0.2, 0.25) is 0 Å². The Morgan fingerprint density at radius 3 is 2.85 bits per heavy atom. The van der Waals surface area contributed by atoms with E-state index in [1.807, 2.05) is 6.92 Å². The van der Waals surface area contributed by atoms with Gasteiger partial charge in [-0.3, -0.25) is 4.90 Å². The number of morpholine rings is 1. The van der Waals surface area contributed by atoms with Gasteiger partial charge in [-0.15, -0.1) is 0 Å². The minimum Gasteiger partial charge on any atom is -0.369 e. The number of hydrogen-bond donors (Lipinski definition) is 1. The topological polar surface area (TPSA) is 50.3 Å². The van der Waals surface area contributed by atoms with Crippen LogP contribution in [0, 0.1) is 6.92 Å². The first kappa shape index (κ1) is 15.7. The lowest BCUT2D eigenvalue weighted by Crippen LogP contribution is -2.42. The Bertz CT molecular complexity index is 467. The molecule has 1 saturated heterocycles. The van der Waals surface area contributed by atoms with Crippen LogP contribution in [0.25, 0.3) is 0 Å². The summed E-state index contributed by atoms with van der Waals surface area (Å²) in [4.78, 5) is 11.6. The van der Waals surface area contributed by atoms with E-state index in [2.05, 4.69) is 56.9 Å². The minimum atomic E-state index is -0.0460. The van der Waals surface area contributed by atoms with Gasteiger partial charge in [0.05, 0.1) is 16.8 Å². The second-order valence-electron chi connectivity index (χ2n) is 5.31. The number of nitrogens with one attached hydrogen (secondary N) is 1.